The van der Waals surface area contributed by atoms with Crippen LogP contribution in [0.25, 0.3) is 0 Å². The van der Waals surface area contributed by atoms with Crippen LogP contribution in [0.2, 0.25) is 5.02 Å². The molecule has 0 unspecified atom stereocenters. The molecule has 1 saturated carbocycles. The number of carbonyl (C=O) groups is 1. The van der Waals surface area contributed by atoms with Crippen LogP contribution >= 0.6 is 11.6 Å². The lowest BCUT2D eigenvalue weighted by atomic mass is 9.91. The van der Waals surface area contributed by atoms with E-state index in [2.05, 4.69) is 10.6 Å². The van der Waals surface area contributed by atoms with Gasteiger partial charge in [0.25, 0.3) is 0 Å². The summed E-state index contributed by atoms with van der Waals surface area (Å²) in [6.45, 7) is 5.57. The molecular formula is C17H25ClN2O3. The molecule has 1 aromatic carbocycles. The van der Waals surface area contributed by atoms with Gasteiger partial charge in [0, 0.05) is 17.8 Å². The smallest absolute Gasteiger partial charge is 0.407 e. The summed E-state index contributed by atoms with van der Waals surface area (Å²) in [6, 6.07) is 5.62. The lowest BCUT2D eigenvalue weighted by molar-refractivity contribution is 0.0492. The quantitative estimate of drug-likeness (QED) is 0.718. The SMILES string of the molecule is CC(C)(C)OC(=O)NC1CCC(Nc2ccc(O)c(Cl)c2)CC1. The highest BCUT2D eigenvalue weighted by atomic mass is 35.5. The second-order valence-electron chi connectivity index (χ2n) is 7.01. The van der Waals surface area contributed by atoms with Crippen molar-refractivity contribution in [2.24, 2.45) is 0 Å². The van der Waals surface area contributed by atoms with E-state index >= 15 is 0 Å². The van der Waals surface area contributed by atoms with Gasteiger partial charge in [-0.05, 0) is 64.7 Å². The number of phenolic OH excluding ortho intramolecular Hbond substituents is 1. The highest BCUT2D eigenvalue weighted by Crippen LogP contribution is 2.28. The zero-order chi connectivity index (χ0) is 17.0. The average Bonchev–Trinajstić information content (AvgIpc) is 2.43. The average molecular weight is 341 g/mol. The van der Waals surface area contributed by atoms with Gasteiger partial charge < -0.3 is 20.5 Å². The number of carbonyl (C=O) groups excluding carboxylic acids is 1. The molecule has 0 heterocycles. The molecule has 0 saturated heterocycles. The number of rotatable bonds is 3. The van der Waals surface area contributed by atoms with Crippen molar-refractivity contribution >= 4 is 23.4 Å². The maximum absolute atomic E-state index is 11.8. The summed E-state index contributed by atoms with van der Waals surface area (Å²) >= 11 is 5.91. The van der Waals surface area contributed by atoms with Crippen LogP contribution in [-0.4, -0.2) is 28.9 Å². The van der Waals surface area contributed by atoms with Crippen molar-refractivity contribution in [2.75, 3.05) is 5.32 Å². The second kappa shape index (κ2) is 7.30. The van der Waals surface area contributed by atoms with Gasteiger partial charge in [0.1, 0.15) is 11.4 Å². The Balaban J connectivity index is 1.77. The van der Waals surface area contributed by atoms with Gasteiger partial charge in [0.15, 0.2) is 0 Å². The first-order valence-electron chi connectivity index (χ1n) is 7.97. The zero-order valence-corrected chi connectivity index (χ0v) is 14.6. The molecule has 1 fully saturated rings. The highest BCUT2D eigenvalue weighted by Gasteiger charge is 2.24. The van der Waals surface area contributed by atoms with Gasteiger partial charge in [-0.3, -0.25) is 0 Å². The molecule has 0 spiro atoms. The number of anilines is 1. The van der Waals surface area contributed by atoms with Crippen LogP contribution in [-0.2, 0) is 4.74 Å². The minimum Gasteiger partial charge on any atom is -0.506 e. The zero-order valence-electron chi connectivity index (χ0n) is 13.9. The molecule has 0 bridgehead atoms. The predicted molar refractivity (Wildman–Crippen MR) is 92.2 cm³/mol. The van der Waals surface area contributed by atoms with Crippen molar-refractivity contribution in [3.63, 3.8) is 0 Å². The van der Waals surface area contributed by atoms with E-state index in [9.17, 15) is 9.90 Å². The van der Waals surface area contributed by atoms with Crippen molar-refractivity contribution in [1.82, 2.24) is 5.32 Å². The molecular weight excluding hydrogens is 316 g/mol. The van der Waals surface area contributed by atoms with Crippen LogP contribution in [0.5, 0.6) is 5.75 Å². The fraction of sp³-hybridized carbons (Fsp3) is 0.588. The molecule has 23 heavy (non-hydrogen) atoms. The normalized spacial score (nSPS) is 21.6. The van der Waals surface area contributed by atoms with Crippen LogP contribution in [0.1, 0.15) is 46.5 Å². The third kappa shape index (κ3) is 5.82. The van der Waals surface area contributed by atoms with E-state index < -0.39 is 5.60 Å². The van der Waals surface area contributed by atoms with E-state index in [1.807, 2.05) is 26.8 Å². The number of phenols is 1. The monoisotopic (exact) mass is 340 g/mol. The third-order valence-electron chi connectivity index (χ3n) is 3.77. The summed E-state index contributed by atoms with van der Waals surface area (Å²) in [5, 5.41) is 16.1. The lowest BCUT2D eigenvalue weighted by Crippen LogP contribution is -2.42. The molecule has 1 amide bonds. The van der Waals surface area contributed by atoms with Crippen LogP contribution in [0.15, 0.2) is 18.2 Å². The minimum absolute atomic E-state index is 0.0856. The number of alkyl carbamates (subject to hydrolysis) is 1. The Bertz CT molecular complexity index is 549. The first-order valence-corrected chi connectivity index (χ1v) is 8.35. The van der Waals surface area contributed by atoms with Gasteiger partial charge in [-0.1, -0.05) is 11.6 Å². The van der Waals surface area contributed by atoms with Crippen molar-refractivity contribution in [3.05, 3.63) is 23.2 Å². The topological polar surface area (TPSA) is 70.6 Å². The number of hydrogen-bond donors (Lipinski definition) is 3. The molecule has 0 aromatic heterocycles. The molecule has 6 heteroatoms. The molecule has 3 N–H and O–H groups in total. The fourth-order valence-electron chi connectivity index (χ4n) is 2.69. The lowest BCUT2D eigenvalue weighted by Gasteiger charge is -2.31. The Morgan fingerprint density at radius 3 is 2.39 bits per heavy atom. The maximum Gasteiger partial charge on any atom is 0.407 e. The highest BCUT2D eigenvalue weighted by molar-refractivity contribution is 6.32. The van der Waals surface area contributed by atoms with Gasteiger partial charge >= 0.3 is 6.09 Å². The Morgan fingerprint density at radius 1 is 1.22 bits per heavy atom. The van der Waals surface area contributed by atoms with Gasteiger partial charge in [-0.25, -0.2) is 4.79 Å². The molecule has 0 atom stereocenters. The van der Waals surface area contributed by atoms with Crippen LogP contribution < -0.4 is 10.6 Å². The van der Waals surface area contributed by atoms with E-state index in [4.69, 9.17) is 16.3 Å². The number of ether oxygens (including phenoxy) is 1. The fourth-order valence-corrected chi connectivity index (χ4v) is 2.87. The Labute approximate surface area is 142 Å². The molecule has 0 aliphatic heterocycles. The standard InChI is InChI=1S/C17H25ClN2O3/c1-17(2,3)23-16(22)20-12-6-4-11(5-7-12)19-13-8-9-15(21)14(18)10-13/h8-12,19,21H,4-7H2,1-3H3,(H,20,22). The third-order valence-corrected chi connectivity index (χ3v) is 4.07. The van der Waals surface area contributed by atoms with E-state index in [0.717, 1.165) is 31.4 Å². The predicted octanol–water partition coefficient (Wildman–Crippen LogP) is 4.29. The van der Waals surface area contributed by atoms with E-state index in [-0.39, 0.29) is 17.9 Å². The van der Waals surface area contributed by atoms with Gasteiger partial charge in [0.05, 0.1) is 5.02 Å². The number of amides is 1. The van der Waals surface area contributed by atoms with Crippen molar-refractivity contribution in [3.8, 4) is 5.75 Å². The number of nitrogens with one attached hydrogen (secondary N) is 2. The largest absolute Gasteiger partial charge is 0.506 e. The molecule has 1 aromatic rings. The number of benzene rings is 1. The van der Waals surface area contributed by atoms with Crippen molar-refractivity contribution in [1.29, 1.82) is 0 Å². The van der Waals surface area contributed by atoms with Crippen LogP contribution in [0, 0.1) is 0 Å². The van der Waals surface area contributed by atoms with E-state index in [1.165, 1.54) is 0 Å². The maximum atomic E-state index is 11.8. The van der Waals surface area contributed by atoms with Crippen LogP contribution in [0.4, 0.5) is 10.5 Å². The Hall–Kier alpha value is -1.62. The van der Waals surface area contributed by atoms with Gasteiger partial charge in [-0.2, -0.15) is 0 Å². The van der Waals surface area contributed by atoms with Crippen LogP contribution in [0.3, 0.4) is 0 Å². The number of halogens is 1. The molecule has 1 aliphatic rings. The second-order valence-corrected chi connectivity index (χ2v) is 7.41. The molecule has 5 nitrogen and oxygen atoms in total. The van der Waals surface area contributed by atoms with Crippen molar-refractivity contribution in [2.45, 2.75) is 64.1 Å². The Morgan fingerprint density at radius 2 is 1.83 bits per heavy atom. The number of hydrogen-bond acceptors (Lipinski definition) is 4. The summed E-state index contributed by atoms with van der Waals surface area (Å²) in [7, 11) is 0. The minimum atomic E-state index is -0.471. The molecule has 128 valence electrons. The van der Waals surface area contributed by atoms with E-state index in [1.54, 1.807) is 12.1 Å². The molecule has 0 radical (unpaired) electrons. The van der Waals surface area contributed by atoms with E-state index in [0.29, 0.717) is 11.1 Å². The summed E-state index contributed by atoms with van der Waals surface area (Å²) in [6.07, 6.45) is 3.38. The van der Waals surface area contributed by atoms with Crippen molar-refractivity contribution < 1.29 is 14.6 Å². The summed E-state index contributed by atoms with van der Waals surface area (Å²) in [5.74, 6) is 0.0856. The number of aromatic hydroxyl groups is 1. The summed E-state index contributed by atoms with van der Waals surface area (Å²) in [4.78, 5) is 11.8. The van der Waals surface area contributed by atoms with Gasteiger partial charge in [-0.15, -0.1) is 0 Å². The van der Waals surface area contributed by atoms with Gasteiger partial charge in [0.2, 0.25) is 0 Å². The summed E-state index contributed by atoms with van der Waals surface area (Å²) < 4.78 is 5.28. The molecule has 2 rings (SSSR count). The molecule has 1 aliphatic carbocycles. The Kier molecular flexibility index (Phi) is 5.63. The summed E-state index contributed by atoms with van der Waals surface area (Å²) in [5.41, 5.74) is 0.428. The first kappa shape index (κ1) is 17.7. The first-order chi connectivity index (χ1) is 10.7.